The highest BCUT2D eigenvalue weighted by Crippen LogP contribution is 2.04. The van der Waals surface area contributed by atoms with Gasteiger partial charge in [0.25, 0.3) is 0 Å². The SMILES string of the molecule is CCCNCCNC(=O)CNS(=O)(=O)c1cnn(C)c1.Cl. The highest BCUT2D eigenvalue weighted by molar-refractivity contribution is 7.89. The Balaban J connectivity index is 0.00000400. The zero-order chi connectivity index (χ0) is 15.0. The molecule has 0 saturated heterocycles. The summed E-state index contributed by atoms with van der Waals surface area (Å²) in [5, 5.41) is 9.53. The number of nitrogens with zero attached hydrogens (tertiary/aromatic N) is 2. The maximum Gasteiger partial charge on any atom is 0.244 e. The molecule has 0 bridgehead atoms. The summed E-state index contributed by atoms with van der Waals surface area (Å²) < 4.78 is 27.2. The van der Waals surface area contributed by atoms with Crippen molar-refractivity contribution in [1.29, 1.82) is 0 Å². The first-order valence-electron chi connectivity index (χ1n) is 6.41. The average molecular weight is 340 g/mol. The van der Waals surface area contributed by atoms with E-state index in [1.54, 1.807) is 7.05 Å². The first-order valence-corrected chi connectivity index (χ1v) is 7.89. The summed E-state index contributed by atoms with van der Waals surface area (Å²) in [6.07, 6.45) is 3.63. The van der Waals surface area contributed by atoms with Crippen molar-refractivity contribution in [3.63, 3.8) is 0 Å². The van der Waals surface area contributed by atoms with E-state index >= 15 is 0 Å². The second kappa shape index (κ2) is 9.72. The van der Waals surface area contributed by atoms with Crippen LogP contribution in [-0.4, -0.2) is 50.3 Å². The summed E-state index contributed by atoms with van der Waals surface area (Å²) in [6, 6.07) is 0. The highest BCUT2D eigenvalue weighted by atomic mass is 35.5. The third kappa shape index (κ3) is 7.42. The lowest BCUT2D eigenvalue weighted by molar-refractivity contribution is -0.119. The monoisotopic (exact) mass is 339 g/mol. The van der Waals surface area contributed by atoms with E-state index in [0.29, 0.717) is 13.1 Å². The number of halogens is 1. The fourth-order valence-corrected chi connectivity index (χ4v) is 2.40. The van der Waals surface area contributed by atoms with E-state index in [0.717, 1.165) is 13.0 Å². The molecule has 0 aliphatic rings. The first-order chi connectivity index (χ1) is 9.45. The van der Waals surface area contributed by atoms with E-state index in [-0.39, 0.29) is 29.8 Å². The van der Waals surface area contributed by atoms with Crippen molar-refractivity contribution in [1.82, 2.24) is 25.1 Å². The van der Waals surface area contributed by atoms with Crippen molar-refractivity contribution < 1.29 is 13.2 Å². The summed E-state index contributed by atoms with van der Waals surface area (Å²) in [6.45, 7) is 3.79. The van der Waals surface area contributed by atoms with Gasteiger partial charge in [-0.1, -0.05) is 6.92 Å². The van der Waals surface area contributed by atoms with Gasteiger partial charge in [-0.2, -0.15) is 5.10 Å². The molecule has 1 rings (SSSR count). The zero-order valence-electron chi connectivity index (χ0n) is 12.1. The number of sulfonamides is 1. The Hall–Kier alpha value is -1.16. The van der Waals surface area contributed by atoms with Crippen LogP contribution < -0.4 is 15.4 Å². The summed E-state index contributed by atoms with van der Waals surface area (Å²) in [4.78, 5) is 11.5. The van der Waals surface area contributed by atoms with E-state index in [2.05, 4.69) is 27.4 Å². The van der Waals surface area contributed by atoms with Crippen LogP contribution in [-0.2, 0) is 21.9 Å². The normalized spacial score (nSPS) is 11.0. The minimum Gasteiger partial charge on any atom is -0.354 e. The molecule has 0 radical (unpaired) electrons. The molecule has 0 fully saturated rings. The molecular formula is C11H22ClN5O3S. The molecule has 0 atom stereocenters. The lowest BCUT2D eigenvalue weighted by Crippen LogP contribution is -2.39. The van der Waals surface area contributed by atoms with Gasteiger partial charge in [0, 0.05) is 26.3 Å². The molecule has 0 aliphatic carbocycles. The summed E-state index contributed by atoms with van der Waals surface area (Å²) in [7, 11) is -2.06. The Bertz CT molecular complexity index is 532. The van der Waals surface area contributed by atoms with E-state index < -0.39 is 10.0 Å². The first kappa shape index (κ1) is 19.8. The predicted octanol–water partition coefficient (Wildman–Crippen LogP) is -0.764. The number of hydrogen-bond acceptors (Lipinski definition) is 5. The standard InChI is InChI=1S/C11H21N5O3S.ClH/c1-3-4-12-5-6-13-11(17)8-15-20(18,19)10-7-14-16(2)9-10;/h7,9,12,15H,3-6,8H2,1-2H3,(H,13,17);1H. The summed E-state index contributed by atoms with van der Waals surface area (Å²) in [5.41, 5.74) is 0. The molecule has 122 valence electrons. The molecule has 0 saturated carbocycles. The fraction of sp³-hybridized carbons (Fsp3) is 0.636. The maximum atomic E-state index is 11.8. The largest absolute Gasteiger partial charge is 0.354 e. The third-order valence-electron chi connectivity index (χ3n) is 2.46. The number of aromatic nitrogens is 2. The van der Waals surface area contributed by atoms with Crippen LogP contribution in [0.15, 0.2) is 17.3 Å². The lowest BCUT2D eigenvalue weighted by Gasteiger charge is -2.07. The molecule has 1 heterocycles. The quantitative estimate of drug-likeness (QED) is 0.513. The van der Waals surface area contributed by atoms with Gasteiger partial charge < -0.3 is 10.6 Å². The number of aryl methyl sites for hydroxylation is 1. The van der Waals surface area contributed by atoms with Crippen LogP contribution in [0.3, 0.4) is 0 Å². The van der Waals surface area contributed by atoms with Crippen LogP contribution in [0.4, 0.5) is 0 Å². The maximum absolute atomic E-state index is 11.8. The molecule has 21 heavy (non-hydrogen) atoms. The highest BCUT2D eigenvalue weighted by Gasteiger charge is 2.16. The van der Waals surface area contributed by atoms with Crippen LogP contribution in [0.25, 0.3) is 0 Å². The van der Waals surface area contributed by atoms with E-state index in [1.165, 1.54) is 17.1 Å². The van der Waals surface area contributed by atoms with Gasteiger partial charge in [0.15, 0.2) is 0 Å². The Morgan fingerprint density at radius 1 is 1.33 bits per heavy atom. The van der Waals surface area contributed by atoms with Gasteiger partial charge in [-0.25, -0.2) is 13.1 Å². The van der Waals surface area contributed by atoms with Gasteiger partial charge in [0.1, 0.15) is 4.90 Å². The van der Waals surface area contributed by atoms with Crippen LogP contribution >= 0.6 is 12.4 Å². The Morgan fingerprint density at radius 3 is 2.62 bits per heavy atom. The van der Waals surface area contributed by atoms with Crippen LogP contribution in [0.5, 0.6) is 0 Å². The minimum atomic E-state index is -3.68. The number of nitrogens with one attached hydrogen (secondary N) is 3. The minimum absolute atomic E-state index is 0. The smallest absolute Gasteiger partial charge is 0.244 e. The van der Waals surface area contributed by atoms with Gasteiger partial charge in [0.2, 0.25) is 15.9 Å². The van der Waals surface area contributed by atoms with Crippen molar-refractivity contribution in [3.05, 3.63) is 12.4 Å². The van der Waals surface area contributed by atoms with Crippen molar-refractivity contribution in [2.45, 2.75) is 18.2 Å². The molecule has 8 nitrogen and oxygen atoms in total. The van der Waals surface area contributed by atoms with Crippen LogP contribution in [0.2, 0.25) is 0 Å². The lowest BCUT2D eigenvalue weighted by atomic mass is 10.4. The summed E-state index contributed by atoms with van der Waals surface area (Å²) >= 11 is 0. The Labute approximate surface area is 131 Å². The van der Waals surface area contributed by atoms with Gasteiger partial charge in [-0.15, -0.1) is 12.4 Å². The van der Waals surface area contributed by atoms with Crippen molar-refractivity contribution in [3.8, 4) is 0 Å². The number of rotatable bonds is 9. The van der Waals surface area contributed by atoms with Gasteiger partial charge in [-0.3, -0.25) is 9.48 Å². The number of carbonyl (C=O) groups is 1. The topological polar surface area (TPSA) is 105 Å². The van der Waals surface area contributed by atoms with Crippen molar-refractivity contribution in [2.24, 2.45) is 7.05 Å². The third-order valence-corrected chi connectivity index (χ3v) is 3.82. The van der Waals surface area contributed by atoms with Crippen LogP contribution in [0.1, 0.15) is 13.3 Å². The molecule has 1 amide bonds. The molecule has 0 spiro atoms. The second-order valence-corrected chi connectivity index (χ2v) is 6.04. The van der Waals surface area contributed by atoms with Crippen LogP contribution in [0, 0.1) is 0 Å². The Kier molecular flexibility index (Phi) is 9.18. The van der Waals surface area contributed by atoms with E-state index in [4.69, 9.17) is 0 Å². The second-order valence-electron chi connectivity index (χ2n) is 4.27. The number of amides is 1. The predicted molar refractivity (Wildman–Crippen MR) is 81.8 cm³/mol. The molecule has 10 heteroatoms. The van der Waals surface area contributed by atoms with Gasteiger partial charge in [0.05, 0.1) is 12.7 Å². The molecule has 0 aromatic carbocycles. The van der Waals surface area contributed by atoms with E-state index in [1.807, 2.05) is 0 Å². The molecule has 0 aliphatic heterocycles. The molecule has 1 aromatic rings. The number of hydrogen-bond donors (Lipinski definition) is 3. The average Bonchev–Trinajstić information content (AvgIpc) is 2.84. The molecule has 1 aromatic heterocycles. The van der Waals surface area contributed by atoms with Gasteiger partial charge >= 0.3 is 0 Å². The molecular weight excluding hydrogens is 318 g/mol. The fourth-order valence-electron chi connectivity index (χ4n) is 1.44. The van der Waals surface area contributed by atoms with Gasteiger partial charge in [-0.05, 0) is 13.0 Å². The van der Waals surface area contributed by atoms with Crippen molar-refractivity contribution >= 4 is 28.3 Å². The molecule has 0 unspecified atom stereocenters. The zero-order valence-corrected chi connectivity index (χ0v) is 13.8. The van der Waals surface area contributed by atoms with E-state index in [9.17, 15) is 13.2 Å². The van der Waals surface area contributed by atoms with Crippen molar-refractivity contribution in [2.75, 3.05) is 26.2 Å². The Morgan fingerprint density at radius 2 is 2.05 bits per heavy atom. The number of carbonyl (C=O) groups excluding carboxylic acids is 1. The summed E-state index contributed by atoms with van der Waals surface area (Å²) in [5.74, 6) is -0.365. The molecule has 3 N–H and O–H groups in total.